The zero-order valence-corrected chi connectivity index (χ0v) is 20.4. The summed E-state index contributed by atoms with van der Waals surface area (Å²) in [7, 11) is 0. The van der Waals surface area contributed by atoms with Gasteiger partial charge in [-0.1, -0.05) is 23.8 Å². The first kappa shape index (κ1) is 23.0. The molecule has 5 nitrogen and oxygen atoms in total. The van der Waals surface area contributed by atoms with E-state index in [1.165, 1.54) is 43.4 Å². The Bertz CT molecular complexity index is 1180. The number of aryl methyl sites for hydroxylation is 3. The summed E-state index contributed by atoms with van der Waals surface area (Å²) in [6.45, 7) is 13.4. The van der Waals surface area contributed by atoms with Crippen molar-refractivity contribution in [1.82, 2.24) is 4.98 Å². The Hall–Kier alpha value is -2.22. The summed E-state index contributed by atoms with van der Waals surface area (Å²) in [5, 5.41) is 8.19. The van der Waals surface area contributed by atoms with E-state index in [2.05, 4.69) is 59.7 Å². The molecule has 7 heteroatoms. The zero-order valence-electron chi connectivity index (χ0n) is 19.6. The van der Waals surface area contributed by atoms with Gasteiger partial charge in [-0.15, -0.1) is 11.3 Å². The van der Waals surface area contributed by atoms with E-state index in [4.69, 9.17) is 24.3 Å². The quantitative estimate of drug-likeness (QED) is 0.458. The Morgan fingerprint density at radius 3 is 2.72 bits per heavy atom. The molecule has 5 rings (SSSR count). The van der Waals surface area contributed by atoms with E-state index in [9.17, 15) is 0 Å². The van der Waals surface area contributed by atoms with Crippen LogP contribution in [-0.4, -0.2) is 35.7 Å². The van der Waals surface area contributed by atoms with Gasteiger partial charge < -0.3 is 14.5 Å². The van der Waals surface area contributed by atoms with Gasteiger partial charge in [0.2, 0.25) is 0 Å². The van der Waals surface area contributed by atoms with Gasteiger partial charge in [-0.2, -0.15) is 0 Å². The largest absolute Gasteiger partial charge is 0.483 e. The van der Waals surface area contributed by atoms with Crippen molar-refractivity contribution in [2.24, 2.45) is 0 Å². The van der Waals surface area contributed by atoms with Crippen LogP contribution >= 0.6 is 11.3 Å². The first-order chi connectivity index (χ1) is 15.2. The molecule has 2 aliphatic heterocycles. The number of carboxylic acid groups (broad SMARTS) is 1. The average molecular weight is 451 g/mol. The molecule has 1 aromatic carbocycles. The number of benzene rings is 1. The van der Waals surface area contributed by atoms with Crippen LogP contribution in [0.15, 0.2) is 18.2 Å². The third-order valence-electron chi connectivity index (χ3n) is 5.97. The minimum absolute atomic E-state index is 0.0276. The summed E-state index contributed by atoms with van der Waals surface area (Å²) >= 11 is 1.86. The highest BCUT2D eigenvalue weighted by atomic mass is 32.1. The van der Waals surface area contributed by atoms with E-state index in [1.54, 1.807) is 0 Å². The molecule has 0 amide bonds. The van der Waals surface area contributed by atoms with Gasteiger partial charge >= 0.3 is 6.92 Å². The highest BCUT2D eigenvalue weighted by Gasteiger charge is 2.39. The number of pyridine rings is 1. The smallest absolute Gasteiger partial charge is 0.364 e. The molecule has 0 saturated carbocycles. The van der Waals surface area contributed by atoms with Crippen LogP contribution in [0.3, 0.4) is 0 Å². The second-order valence-electron chi connectivity index (χ2n) is 9.53. The number of hydrogen-bond acceptors (Lipinski definition) is 5. The van der Waals surface area contributed by atoms with E-state index < -0.39 is 0 Å². The molecular weight excluding hydrogens is 421 g/mol. The number of ether oxygens (including phenoxy) is 1. The zero-order chi connectivity index (χ0) is 23.2. The van der Waals surface area contributed by atoms with Crippen molar-refractivity contribution >= 4 is 45.9 Å². The Kier molecular flexibility index (Phi) is 6.18. The van der Waals surface area contributed by atoms with Crippen LogP contribution in [-0.2, 0) is 20.6 Å². The van der Waals surface area contributed by atoms with Crippen LogP contribution in [0.5, 0.6) is 0 Å². The summed E-state index contributed by atoms with van der Waals surface area (Å²) in [6.07, 6.45) is 2.12. The lowest BCUT2D eigenvalue weighted by Crippen LogP contribution is -2.48. The van der Waals surface area contributed by atoms with Crippen molar-refractivity contribution < 1.29 is 19.3 Å². The molecule has 2 aliphatic rings. The fourth-order valence-electron chi connectivity index (χ4n) is 5.04. The highest BCUT2D eigenvalue weighted by molar-refractivity contribution is 7.21. The molecule has 4 heterocycles. The van der Waals surface area contributed by atoms with Gasteiger partial charge in [0.05, 0.1) is 11.7 Å². The van der Waals surface area contributed by atoms with E-state index >= 15 is 0 Å². The number of carbonyl (C=O) groups is 1. The molecular formula is C25H30BNO4S. The molecule has 1 atom stereocenters. The number of hydrogen-bond donors (Lipinski definition) is 1. The lowest BCUT2D eigenvalue weighted by molar-refractivity contribution is -0.122. The SMILES string of the molecule is Cc1ccc2c(c1)B1OCCCc3sc4nc(C)c(C(C)OC(C)(C)C)c-2c4c31.O=CO. The Labute approximate surface area is 193 Å². The molecule has 2 aromatic heterocycles. The van der Waals surface area contributed by atoms with E-state index in [1.807, 2.05) is 11.3 Å². The van der Waals surface area contributed by atoms with Crippen LogP contribution < -0.4 is 10.9 Å². The fourth-order valence-corrected chi connectivity index (χ4v) is 6.34. The molecule has 0 saturated heterocycles. The predicted molar refractivity (Wildman–Crippen MR) is 132 cm³/mol. The first-order valence-electron chi connectivity index (χ1n) is 11.1. The van der Waals surface area contributed by atoms with Crippen molar-refractivity contribution in [1.29, 1.82) is 0 Å². The molecule has 0 spiro atoms. The van der Waals surface area contributed by atoms with Gasteiger partial charge in [0.1, 0.15) is 4.83 Å². The van der Waals surface area contributed by atoms with Gasteiger partial charge in [-0.3, -0.25) is 4.79 Å². The Balaban J connectivity index is 0.000000775. The van der Waals surface area contributed by atoms with Gasteiger partial charge in [-0.05, 0) is 76.4 Å². The normalized spacial score (nSPS) is 15.5. The molecule has 0 aliphatic carbocycles. The van der Waals surface area contributed by atoms with E-state index in [0.717, 1.165) is 30.0 Å². The molecule has 3 aromatic rings. The third-order valence-corrected chi connectivity index (χ3v) is 7.13. The average Bonchev–Trinajstić information content (AvgIpc) is 2.90. The maximum Gasteiger partial charge on any atom is 0.364 e. The minimum atomic E-state index is -0.250. The monoisotopic (exact) mass is 451 g/mol. The van der Waals surface area contributed by atoms with Crippen molar-refractivity contribution in [2.75, 3.05) is 6.61 Å². The fraction of sp³-hybridized carbons (Fsp3) is 0.440. The van der Waals surface area contributed by atoms with Crippen LogP contribution in [0.2, 0.25) is 0 Å². The Morgan fingerprint density at radius 1 is 1.31 bits per heavy atom. The van der Waals surface area contributed by atoms with Crippen LogP contribution in [0.4, 0.5) is 0 Å². The van der Waals surface area contributed by atoms with Crippen LogP contribution in [0.25, 0.3) is 21.3 Å². The standard InChI is InChI=1S/C24H28BNO2S.CH2O2/c1-13-9-10-16-17(12-13)25-22-18(8-7-11-27-25)29-23-21(22)20(16)19(14(2)26-23)15(3)28-24(4,5)6;2-1-3/h9-10,12,15H,7-8,11H2,1-6H3;1H,(H,2,3). The maximum atomic E-state index is 8.36. The first-order valence-corrected chi connectivity index (χ1v) is 11.9. The van der Waals surface area contributed by atoms with Gasteiger partial charge in [0.15, 0.2) is 0 Å². The van der Waals surface area contributed by atoms with Gasteiger partial charge in [0, 0.05) is 28.1 Å². The lowest BCUT2D eigenvalue weighted by atomic mass is 9.49. The summed E-state index contributed by atoms with van der Waals surface area (Å²) < 4.78 is 12.9. The molecule has 0 fully saturated rings. The summed E-state index contributed by atoms with van der Waals surface area (Å²) in [6, 6.07) is 6.81. The predicted octanol–water partition coefficient (Wildman–Crippen LogP) is 4.54. The molecule has 32 heavy (non-hydrogen) atoms. The second-order valence-corrected chi connectivity index (χ2v) is 10.6. The van der Waals surface area contributed by atoms with Crippen molar-refractivity contribution in [3.63, 3.8) is 0 Å². The Morgan fingerprint density at radius 2 is 2.03 bits per heavy atom. The maximum absolute atomic E-state index is 8.36. The summed E-state index contributed by atoms with van der Waals surface area (Å²) in [5.41, 5.74) is 8.64. The van der Waals surface area contributed by atoms with Crippen molar-refractivity contribution in [3.05, 3.63) is 39.9 Å². The van der Waals surface area contributed by atoms with Crippen molar-refractivity contribution in [2.45, 2.75) is 66.1 Å². The molecule has 168 valence electrons. The lowest BCUT2D eigenvalue weighted by Gasteiger charge is -2.31. The minimum Gasteiger partial charge on any atom is -0.483 e. The van der Waals surface area contributed by atoms with E-state index in [-0.39, 0.29) is 25.1 Å². The molecule has 0 bridgehead atoms. The highest BCUT2D eigenvalue weighted by Crippen LogP contribution is 2.43. The van der Waals surface area contributed by atoms with Gasteiger partial charge in [0.25, 0.3) is 6.47 Å². The summed E-state index contributed by atoms with van der Waals surface area (Å²) in [4.78, 5) is 16.0. The second kappa shape index (κ2) is 8.62. The number of rotatable bonds is 2. The number of fused-ring (bicyclic) bond motifs is 3. The number of thiophene rings is 1. The van der Waals surface area contributed by atoms with Crippen LogP contribution in [0, 0.1) is 13.8 Å². The van der Waals surface area contributed by atoms with Gasteiger partial charge in [-0.25, -0.2) is 4.98 Å². The topological polar surface area (TPSA) is 68.7 Å². The molecule has 0 radical (unpaired) electrons. The summed E-state index contributed by atoms with van der Waals surface area (Å²) in [5.74, 6) is 0. The van der Waals surface area contributed by atoms with Crippen LogP contribution in [0.1, 0.15) is 61.9 Å². The van der Waals surface area contributed by atoms with Crippen molar-refractivity contribution in [3.8, 4) is 11.1 Å². The number of aromatic nitrogens is 1. The molecule has 1 N–H and O–H groups in total. The number of nitrogens with zero attached hydrogens (tertiary/aromatic N) is 1. The van der Waals surface area contributed by atoms with E-state index in [0.29, 0.717) is 0 Å². The third kappa shape index (κ3) is 3.98. The molecule has 1 unspecified atom stereocenters.